The number of hydrogen-bond acceptors (Lipinski definition) is 3. The third kappa shape index (κ3) is 3.54. The van der Waals surface area contributed by atoms with E-state index in [1.54, 1.807) is 0 Å². The summed E-state index contributed by atoms with van der Waals surface area (Å²) in [7, 11) is 0. The third-order valence-corrected chi connectivity index (χ3v) is 4.56. The maximum Gasteiger partial charge on any atom is 0.161 e. The first-order valence-corrected chi connectivity index (χ1v) is 7.80. The summed E-state index contributed by atoms with van der Waals surface area (Å²) in [6.07, 6.45) is 0.894. The Kier molecular flexibility index (Phi) is 4.93. The molecule has 1 heterocycles. The lowest BCUT2D eigenvalue weighted by Crippen LogP contribution is -2.03. The van der Waals surface area contributed by atoms with E-state index in [1.807, 2.05) is 24.3 Å². The molecule has 0 radical (unpaired) electrons. The second-order valence-electron chi connectivity index (χ2n) is 4.08. The van der Waals surface area contributed by atoms with Gasteiger partial charge in [0.25, 0.3) is 0 Å². The second kappa shape index (κ2) is 6.48. The Balaban J connectivity index is 2.47. The van der Waals surface area contributed by atoms with Crippen molar-refractivity contribution < 1.29 is 0 Å². The van der Waals surface area contributed by atoms with Gasteiger partial charge in [0.05, 0.1) is 0 Å². The Morgan fingerprint density at radius 1 is 1.05 bits per heavy atom. The largest absolute Gasteiger partial charge is 0.370 e. The van der Waals surface area contributed by atoms with Crippen molar-refractivity contribution in [2.75, 3.05) is 11.9 Å². The van der Waals surface area contributed by atoms with Gasteiger partial charge in [-0.1, -0.05) is 6.92 Å². The van der Waals surface area contributed by atoms with Crippen LogP contribution >= 0.6 is 31.9 Å². The molecule has 0 saturated carbocycles. The van der Waals surface area contributed by atoms with Crippen molar-refractivity contribution in [2.24, 2.45) is 0 Å². The van der Waals surface area contributed by atoms with Crippen LogP contribution < -0.4 is 5.32 Å². The molecule has 0 fully saturated rings. The molecule has 3 nitrogen and oxygen atoms in total. The molecule has 2 aromatic rings. The Bertz CT molecular complexity index is 585. The van der Waals surface area contributed by atoms with Crippen molar-refractivity contribution in [1.82, 2.24) is 9.97 Å². The molecule has 0 atom stereocenters. The van der Waals surface area contributed by atoms with Gasteiger partial charge >= 0.3 is 0 Å². The lowest BCUT2D eigenvalue weighted by atomic mass is 10.2. The fourth-order valence-electron chi connectivity index (χ4n) is 1.71. The molecule has 0 bridgehead atoms. The molecule has 1 N–H and O–H groups in total. The van der Waals surface area contributed by atoms with Crippen molar-refractivity contribution in [3.63, 3.8) is 0 Å². The number of nitrogens with one attached hydrogen (secondary N) is 1. The summed E-state index contributed by atoms with van der Waals surface area (Å²) in [4.78, 5) is 9.14. The summed E-state index contributed by atoms with van der Waals surface area (Å²) < 4.78 is 2.02. The number of benzene rings is 1. The van der Waals surface area contributed by atoms with E-state index < -0.39 is 0 Å². The molecule has 19 heavy (non-hydrogen) atoms. The molecule has 0 spiro atoms. The van der Waals surface area contributed by atoms with Gasteiger partial charge in [-0.25, -0.2) is 9.97 Å². The van der Waals surface area contributed by atoms with E-state index in [1.165, 1.54) is 0 Å². The normalized spacial score (nSPS) is 10.5. The van der Waals surface area contributed by atoms with Crippen LogP contribution in [-0.4, -0.2) is 16.5 Å². The van der Waals surface area contributed by atoms with Crippen LogP contribution in [0.3, 0.4) is 0 Å². The lowest BCUT2D eigenvalue weighted by molar-refractivity contribution is 0.998. The molecule has 100 valence electrons. The maximum absolute atomic E-state index is 4.59. The second-order valence-corrected chi connectivity index (χ2v) is 5.79. The number of nitrogens with zero attached hydrogens (tertiary/aromatic N) is 2. The Morgan fingerprint density at radius 2 is 1.84 bits per heavy atom. The van der Waals surface area contributed by atoms with Crippen molar-refractivity contribution >= 4 is 37.7 Å². The maximum atomic E-state index is 4.59. The summed E-state index contributed by atoms with van der Waals surface area (Å²) in [5.74, 6) is 1.63. The highest BCUT2D eigenvalue weighted by Crippen LogP contribution is 2.28. The van der Waals surface area contributed by atoms with Gasteiger partial charge in [-0.15, -0.1) is 0 Å². The minimum absolute atomic E-state index is 0.753. The topological polar surface area (TPSA) is 37.8 Å². The predicted molar refractivity (Wildman–Crippen MR) is 86.4 cm³/mol. The van der Waals surface area contributed by atoms with Crippen LogP contribution in [0.2, 0.25) is 0 Å². The van der Waals surface area contributed by atoms with Gasteiger partial charge in [0.1, 0.15) is 5.82 Å². The van der Waals surface area contributed by atoms with Crippen LogP contribution in [0.15, 0.2) is 33.2 Å². The van der Waals surface area contributed by atoms with E-state index in [2.05, 4.69) is 61.0 Å². The summed E-state index contributed by atoms with van der Waals surface area (Å²) in [6.45, 7) is 5.01. The predicted octanol–water partition coefficient (Wildman–Crippen LogP) is 4.66. The third-order valence-electron chi connectivity index (χ3n) is 2.68. The fourth-order valence-corrected chi connectivity index (χ4v) is 2.34. The van der Waals surface area contributed by atoms with Crippen molar-refractivity contribution in [1.29, 1.82) is 0 Å². The highest BCUT2D eigenvalue weighted by molar-refractivity contribution is 9.13. The highest BCUT2D eigenvalue weighted by Gasteiger charge is 2.07. The molecule has 0 saturated heterocycles. The molecular formula is C14H15Br2N3. The molecule has 0 aliphatic carbocycles. The van der Waals surface area contributed by atoms with Crippen LogP contribution in [0, 0.1) is 0 Å². The summed E-state index contributed by atoms with van der Waals surface area (Å²) in [5.41, 5.74) is 2.05. The average molecular weight is 385 g/mol. The number of hydrogen-bond donors (Lipinski definition) is 1. The number of aryl methyl sites for hydroxylation is 1. The number of rotatable bonds is 4. The molecule has 1 aromatic carbocycles. The summed E-state index contributed by atoms with van der Waals surface area (Å²) >= 11 is 6.98. The van der Waals surface area contributed by atoms with Crippen LogP contribution in [-0.2, 0) is 6.42 Å². The zero-order valence-electron chi connectivity index (χ0n) is 10.9. The number of anilines is 1. The quantitative estimate of drug-likeness (QED) is 0.832. The van der Waals surface area contributed by atoms with E-state index in [-0.39, 0.29) is 0 Å². The minimum atomic E-state index is 0.753. The minimum Gasteiger partial charge on any atom is -0.370 e. The number of aromatic nitrogens is 2. The molecule has 2 rings (SSSR count). The molecule has 0 amide bonds. The zero-order valence-corrected chi connectivity index (χ0v) is 14.0. The van der Waals surface area contributed by atoms with Gasteiger partial charge in [-0.3, -0.25) is 0 Å². The zero-order chi connectivity index (χ0) is 13.8. The molecule has 0 unspecified atom stereocenters. The highest BCUT2D eigenvalue weighted by atomic mass is 79.9. The van der Waals surface area contributed by atoms with Gasteiger partial charge in [0.2, 0.25) is 0 Å². The van der Waals surface area contributed by atoms with Crippen LogP contribution in [0.1, 0.15) is 19.5 Å². The van der Waals surface area contributed by atoms with Gasteiger partial charge in [0.15, 0.2) is 5.82 Å². The fraction of sp³-hybridized carbons (Fsp3) is 0.286. The van der Waals surface area contributed by atoms with Crippen molar-refractivity contribution in [2.45, 2.75) is 20.3 Å². The van der Waals surface area contributed by atoms with Gasteiger partial charge in [0, 0.05) is 32.8 Å². The van der Waals surface area contributed by atoms with E-state index in [9.17, 15) is 0 Å². The van der Waals surface area contributed by atoms with Crippen LogP contribution in [0.25, 0.3) is 11.4 Å². The molecule has 1 aromatic heterocycles. The smallest absolute Gasteiger partial charge is 0.161 e. The first kappa shape index (κ1) is 14.5. The van der Waals surface area contributed by atoms with Gasteiger partial charge < -0.3 is 5.32 Å². The van der Waals surface area contributed by atoms with Crippen molar-refractivity contribution in [3.05, 3.63) is 38.9 Å². The van der Waals surface area contributed by atoms with Gasteiger partial charge in [-0.05, 0) is 63.4 Å². The van der Waals surface area contributed by atoms with E-state index in [4.69, 9.17) is 0 Å². The lowest BCUT2D eigenvalue weighted by Gasteiger charge is -2.08. The Labute approximate surface area is 130 Å². The summed E-state index contributed by atoms with van der Waals surface area (Å²) in [6, 6.07) is 8.03. The molecule has 5 heteroatoms. The van der Waals surface area contributed by atoms with E-state index in [0.29, 0.717) is 0 Å². The standard InChI is InChI=1S/C14H15Br2N3/c1-3-10-8-13(17-4-2)19-14(18-10)9-5-6-11(15)12(16)7-9/h5-8H,3-4H2,1-2H3,(H,17,18,19). The molecule has 0 aliphatic heterocycles. The average Bonchev–Trinajstić information content (AvgIpc) is 2.42. The Hall–Kier alpha value is -0.940. The van der Waals surface area contributed by atoms with Crippen molar-refractivity contribution in [3.8, 4) is 11.4 Å². The van der Waals surface area contributed by atoms with E-state index in [0.717, 1.165) is 44.8 Å². The van der Waals surface area contributed by atoms with Gasteiger partial charge in [-0.2, -0.15) is 0 Å². The summed E-state index contributed by atoms with van der Waals surface area (Å²) in [5, 5.41) is 3.25. The molecule has 0 aliphatic rings. The first-order valence-electron chi connectivity index (χ1n) is 6.21. The van der Waals surface area contributed by atoms with Crippen LogP contribution in [0.4, 0.5) is 5.82 Å². The Morgan fingerprint density at radius 3 is 2.47 bits per heavy atom. The van der Waals surface area contributed by atoms with Crippen LogP contribution in [0.5, 0.6) is 0 Å². The number of halogens is 2. The first-order chi connectivity index (χ1) is 9.13. The SMILES string of the molecule is CCNc1cc(CC)nc(-c2ccc(Br)c(Br)c2)n1. The van der Waals surface area contributed by atoms with E-state index >= 15 is 0 Å². The molecular weight excluding hydrogens is 370 g/mol. The monoisotopic (exact) mass is 383 g/mol.